The standard InChI is InChI=1S/C22H29N3O2/c1-16(2)13-24-22(27)19-11-7-8-12-20(19)23-14-21(26)25(4)15-18-10-6-5-9-17(18)3/h5-12,16,23H,13-15H2,1-4H3,(H,24,27). The first-order chi connectivity index (χ1) is 12.9. The van der Waals surface area contributed by atoms with Crippen molar-refractivity contribution in [3.63, 3.8) is 0 Å². The normalized spacial score (nSPS) is 10.6. The Kier molecular flexibility index (Phi) is 7.41. The molecule has 27 heavy (non-hydrogen) atoms. The van der Waals surface area contributed by atoms with Crippen molar-refractivity contribution in [3.8, 4) is 0 Å². The summed E-state index contributed by atoms with van der Waals surface area (Å²) in [6, 6.07) is 15.3. The third-order valence-electron chi connectivity index (χ3n) is 4.37. The number of nitrogens with zero attached hydrogens (tertiary/aromatic N) is 1. The second-order valence-electron chi connectivity index (χ2n) is 7.18. The first-order valence-electron chi connectivity index (χ1n) is 9.28. The number of hydrogen-bond donors (Lipinski definition) is 2. The van der Waals surface area contributed by atoms with E-state index in [1.54, 1.807) is 18.0 Å². The summed E-state index contributed by atoms with van der Waals surface area (Å²) in [4.78, 5) is 26.6. The van der Waals surface area contributed by atoms with Gasteiger partial charge in [0.2, 0.25) is 5.91 Å². The number of carbonyl (C=O) groups is 2. The van der Waals surface area contributed by atoms with E-state index in [-0.39, 0.29) is 18.4 Å². The number of para-hydroxylation sites is 1. The molecule has 5 heteroatoms. The summed E-state index contributed by atoms with van der Waals surface area (Å²) in [5.74, 6) is 0.217. The van der Waals surface area contributed by atoms with Crippen molar-refractivity contribution in [2.45, 2.75) is 27.3 Å². The Morgan fingerprint density at radius 2 is 1.70 bits per heavy atom. The Hall–Kier alpha value is -2.82. The fourth-order valence-electron chi connectivity index (χ4n) is 2.66. The van der Waals surface area contributed by atoms with Crippen LogP contribution in [0.4, 0.5) is 5.69 Å². The average molecular weight is 367 g/mol. The molecule has 0 aliphatic heterocycles. The molecule has 0 saturated carbocycles. The van der Waals surface area contributed by atoms with Gasteiger partial charge in [0, 0.05) is 25.8 Å². The summed E-state index contributed by atoms with van der Waals surface area (Å²) in [5.41, 5.74) is 3.50. The van der Waals surface area contributed by atoms with Gasteiger partial charge in [0.25, 0.3) is 5.91 Å². The number of amides is 2. The molecule has 0 unspecified atom stereocenters. The summed E-state index contributed by atoms with van der Waals surface area (Å²) in [6.45, 7) is 7.45. The van der Waals surface area contributed by atoms with Crippen LogP contribution >= 0.6 is 0 Å². The van der Waals surface area contributed by atoms with E-state index in [1.807, 2.05) is 63.2 Å². The second kappa shape index (κ2) is 9.76. The van der Waals surface area contributed by atoms with E-state index < -0.39 is 0 Å². The highest BCUT2D eigenvalue weighted by Crippen LogP contribution is 2.15. The molecule has 0 atom stereocenters. The fraction of sp³-hybridized carbons (Fsp3) is 0.364. The monoisotopic (exact) mass is 367 g/mol. The molecule has 144 valence electrons. The molecule has 0 heterocycles. The predicted octanol–water partition coefficient (Wildman–Crippen LogP) is 3.45. The summed E-state index contributed by atoms with van der Waals surface area (Å²) in [7, 11) is 1.79. The SMILES string of the molecule is Cc1ccccc1CN(C)C(=O)CNc1ccccc1C(=O)NCC(C)C. The third kappa shape index (κ3) is 6.13. The van der Waals surface area contributed by atoms with Gasteiger partial charge >= 0.3 is 0 Å². The number of anilines is 1. The molecule has 2 aromatic rings. The van der Waals surface area contributed by atoms with Crippen molar-refractivity contribution in [1.82, 2.24) is 10.2 Å². The highest BCUT2D eigenvalue weighted by atomic mass is 16.2. The van der Waals surface area contributed by atoms with Gasteiger partial charge in [-0.15, -0.1) is 0 Å². The lowest BCUT2D eigenvalue weighted by Crippen LogP contribution is -2.33. The minimum atomic E-state index is -0.132. The lowest BCUT2D eigenvalue weighted by molar-refractivity contribution is -0.128. The molecule has 0 bridgehead atoms. The van der Waals surface area contributed by atoms with E-state index in [0.29, 0.717) is 30.3 Å². The van der Waals surface area contributed by atoms with Gasteiger partial charge in [-0.05, 0) is 36.1 Å². The molecule has 0 fully saturated rings. The molecule has 0 radical (unpaired) electrons. The van der Waals surface area contributed by atoms with Crippen molar-refractivity contribution in [3.05, 3.63) is 65.2 Å². The van der Waals surface area contributed by atoms with Gasteiger partial charge < -0.3 is 15.5 Å². The van der Waals surface area contributed by atoms with Crippen LogP contribution < -0.4 is 10.6 Å². The fourth-order valence-corrected chi connectivity index (χ4v) is 2.66. The van der Waals surface area contributed by atoms with E-state index in [0.717, 1.165) is 11.1 Å². The first kappa shape index (κ1) is 20.5. The number of likely N-dealkylation sites (N-methyl/N-ethyl adjacent to an activating group) is 1. The summed E-state index contributed by atoms with van der Waals surface area (Å²) >= 11 is 0. The minimum absolute atomic E-state index is 0.0318. The van der Waals surface area contributed by atoms with Crippen LogP contribution in [-0.4, -0.2) is 36.9 Å². The van der Waals surface area contributed by atoms with Gasteiger partial charge in [-0.25, -0.2) is 0 Å². The lowest BCUT2D eigenvalue weighted by atomic mass is 10.1. The molecule has 0 aliphatic carbocycles. The third-order valence-corrected chi connectivity index (χ3v) is 4.37. The van der Waals surface area contributed by atoms with Crippen LogP contribution in [0.25, 0.3) is 0 Å². The summed E-state index contributed by atoms with van der Waals surface area (Å²) in [5, 5.41) is 6.02. The first-order valence-corrected chi connectivity index (χ1v) is 9.28. The zero-order chi connectivity index (χ0) is 19.8. The largest absolute Gasteiger partial charge is 0.376 e. The van der Waals surface area contributed by atoms with Gasteiger partial charge in [0.1, 0.15) is 0 Å². The Morgan fingerprint density at radius 3 is 2.41 bits per heavy atom. The molecule has 0 aliphatic rings. The molecule has 0 aromatic heterocycles. The van der Waals surface area contributed by atoms with Crippen LogP contribution in [0.1, 0.15) is 35.3 Å². The molecule has 2 aromatic carbocycles. The highest BCUT2D eigenvalue weighted by Gasteiger charge is 2.14. The highest BCUT2D eigenvalue weighted by molar-refractivity contribution is 6.00. The second-order valence-corrected chi connectivity index (χ2v) is 7.18. The van der Waals surface area contributed by atoms with Gasteiger partial charge in [-0.3, -0.25) is 9.59 Å². The maximum Gasteiger partial charge on any atom is 0.253 e. The molecule has 0 spiro atoms. The topological polar surface area (TPSA) is 61.4 Å². The number of hydrogen-bond acceptors (Lipinski definition) is 3. The van der Waals surface area contributed by atoms with Crippen LogP contribution in [0, 0.1) is 12.8 Å². The molecule has 5 nitrogen and oxygen atoms in total. The van der Waals surface area contributed by atoms with Gasteiger partial charge in [-0.1, -0.05) is 50.2 Å². The number of benzene rings is 2. The van der Waals surface area contributed by atoms with Crippen LogP contribution in [0.15, 0.2) is 48.5 Å². The van der Waals surface area contributed by atoms with Crippen LogP contribution in [0.3, 0.4) is 0 Å². The molecule has 2 amide bonds. The Morgan fingerprint density at radius 1 is 1.04 bits per heavy atom. The Balaban J connectivity index is 1.96. The maximum atomic E-state index is 12.5. The lowest BCUT2D eigenvalue weighted by Gasteiger charge is -2.20. The van der Waals surface area contributed by atoms with Crippen LogP contribution in [0.5, 0.6) is 0 Å². The van der Waals surface area contributed by atoms with Crippen molar-refractivity contribution >= 4 is 17.5 Å². The Bertz CT molecular complexity index is 787. The van der Waals surface area contributed by atoms with Crippen molar-refractivity contribution in [2.75, 3.05) is 25.5 Å². The zero-order valence-electron chi connectivity index (χ0n) is 16.6. The van der Waals surface area contributed by atoms with Crippen molar-refractivity contribution in [2.24, 2.45) is 5.92 Å². The number of aryl methyl sites for hydroxylation is 1. The summed E-state index contributed by atoms with van der Waals surface area (Å²) in [6.07, 6.45) is 0. The molecular formula is C22H29N3O2. The van der Waals surface area contributed by atoms with E-state index in [4.69, 9.17) is 0 Å². The van der Waals surface area contributed by atoms with Crippen LogP contribution in [-0.2, 0) is 11.3 Å². The van der Waals surface area contributed by atoms with Gasteiger partial charge in [0.05, 0.1) is 12.1 Å². The molecule has 2 N–H and O–H groups in total. The number of carbonyl (C=O) groups excluding carboxylic acids is 2. The predicted molar refractivity (Wildman–Crippen MR) is 110 cm³/mol. The molecule has 2 rings (SSSR count). The zero-order valence-corrected chi connectivity index (χ0v) is 16.6. The van der Waals surface area contributed by atoms with E-state index in [2.05, 4.69) is 10.6 Å². The smallest absolute Gasteiger partial charge is 0.253 e. The van der Waals surface area contributed by atoms with Crippen LogP contribution in [0.2, 0.25) is 0 Å². The van der Waals surface area contributed by atoms with Gasteiger partial charge in [-0.2, -0.15) is 0 Å². The van der Waals surface area contributed by atoms with E-state index in [9.17, 15) is 9.59 Å². The quantitative estimate of drug-likeness (QED) is 0.751. The van der Waals surface area contributed by atoms with E-state index >= 15 is 0 Å². The number of rotatable bonds is 8. The minimum Gasteiger partial charge on any atom is -0.376 e. The maximum absolute atomic E-state index is 12.5. The average Bonchev–Trinajstić information content (AvgIpc) is 2.66. The molecular weight excluding hydrogens is 338 g/mol. The van der Waals surface area contributed by atoms with Crippen molar-refractivity contribution < 1.29 is 9.59 Å². The van der Waals surface area contributed by atoms with Crippen molar-refractivity contribution in [1.29, 1.82) is 0 Å². The number of nitrogens with one attached hydrogen (secondary N) is 2. The van der Waals surface area contributed by atoms with Gasteiger partial charge in [0.15, 0.2) is 0 Å². The molecule has 0 saturated heterocycles. The Labute approximate surface area is 161 Å². The summed E-state index contributed by atoms with van der Waals surface area (Å²) < 4.78 is 0. The van der Waals surface area contributed by atoms with E-state index in [1.165, 1.54) is 0 Å².